The highest BCUT2D eigenvalue weighted by Gasteiger charge is 2.49. The van der Waals surface area contributed by atoms with Crippen molar-refractivity contribution in [3.05, 3.63) is 29.0 Å². The van der Waals surface area contributed by atoms with Gasteiger partial charge in [0.15, 0.2) is 5.82 Å². The normalized spacial score (nSPS) is 11.7. The van der Waals surface area contributed by atoms with Crippen LogP contribution in [0.2, 0.25) is 5.02 Å². The van der Waals surface area contributed by atoms with Gasteiger partial charge in [-0.1, -0.05) is 17.7 Å². The lowest BCUT2D eigenvalue weighted by Crippen LogP contribution is -2.41. The third-order valence-electron chi connectivity index (χ3n) is 1.78. The Morgan fingerprint density at radius 2 is 1.94 bits per heavy atom. The summed E-state index contributed by atoms with van der Waals surface area (Å²) in [5.41, 5.74) is -0.692. The van der Waals surface area contributed by atoms with E-state index in [2.05, 4.69) is 0 Å². The van der Waals surface area contributed by atoms with Gasteiger partial charge in [-0.15, -0.1) is 0 Å². The van der Waals surface area contributed by atoms with Crippen molar-refractivity contribution in [1.29, 1.82) is 0 Å². The van der Waals surface area contributed by atoms with Crippen LogP contribution in [0.25, 0.3) is 0 Å². The number of amides is 1. The van der Waals surface area contributed by atoms with Gasteiger partial charge in [0, 0.05) is 0 Å². The van der Waals surface area contributed by atoms with Crippen LogP contribution >= 0.6 is 11.6 Å². The fraction of sp³-hybridized carbons (Fsp3) is 0.222. The minimum atomic E-state index is -4.89. The van der Waals surface area contributed by atoms with E-state index < -0.39 is 34.8 Å². The highest BCUT2D eigenvalue weighted by atomic mass is 35.5. The van der Waals surface area contributed by atoms with Gasteiger partial charge in [-0.2, -0.15) is 8.78 Å². The van der Waals surface area contributed by atoms with Crippen LogP contribution in [-0.2, 0) is 4.79 Å². The van der Waals surface area contributed by atoms with Crippen molar-refractivity contribution in [2.75, 3.05) is 5.32 Å². The summed E-state index contributed by atoms with van der Waals surface area (Å²) in [6.45, 7) is 0. The fourth-order valence-electron chi connectivity index (χ4n) is 0.905. The Morgan fingerprint density at radius 3 is 2.47 bits per heavy atom. The molecule has 0 atom stereocenters. The molecule has 0 aliphatic rings. The topological polar surface area (TPSA) is 29.1 Å². The van der Waals surface area contributed by atoms with E-state index in [1.54, 1.807) is 0 Å². The third-order valence-corrected chi connectivity index (χ3v) is 2.07. The summed E-state index contributed by atoms with van der Waals surface area (Å²) < 4.78 is 61.9. The molecule has 2 nitrogen and oxygen atoms in total. The van der Waals surface area contributed by atoms with E-state index in [-0.39, 0.29) is 0 Å². The number of rotatable bonds is 3. The number of carbonyl (C=O) groups is 1. The summed E-state index contributed by atoms with van der Waals surface area (Å²) in [6, 6.07) is 3.19. The van der Waals surface area contributed by atoms with Gasteiger partial charge < -0.3 is 5.32 Å². The number of hydrogen-bond donors (Lipinski definition) is 1. The predicted octanol–water partition coefficient (Wildman–Crippen LogP) is 3.32. The van der Waals surface area contributed by atoms with Crippen LogP contribution < -0.4 is 5.32 Å². The van der Waals surface area contributed by atoms with Crippen LogP contribution in [0.15, 0.2) is 18.2 Å². The average Bonchev–Trinajstić information content (AvgIpc) is 2.24. The van der Waals surface area contributed by atoms with Gasteiger partial charge in [0.05, 0.1) is 10.7 Å². The summed E-state index contributed by atoms with van der Waals surface area (Å²) in [7, 11) is 0. The van der Waals surface area contributed by atoms with Crippen molar-refractivity contribution >= 4 is 23.2 Å². The van der Waals surface area contributed by atoms with Crippen molar-refractivity contribution in [2.24, 2.45) is 0 Å². The molecule has 0 aromatic heterocycles. The second-order valence-electron chi connectivity index (χ2n) is 2.98. The van der Waals surface area contributed by atoms with Crippen LogP contribution in [-0.4, -0.2) is 18.3 Å². The Hall–Kier alpha value is -1.37. The molecule has 17 heavy (non-hydrogen) atoms. The van der Waals surface area contributed by atoms with E-state index in [4.69, 9.17) is 11.6 Å². The van der Waals surface area contributed by atoms with Crippen molar-refractivity contribution < 1.29 is 26.7 Å². The molecule has 0 heterocycles. The van der Waals surface area contributed by atoms with Gasteiger partial charge in [0.1, 0.15) is 0 Å². The molecule has 0 bridgehead atoms. The Kier molecular flexibility index (Phi) is 3.92. The van der Waals surface area contributed by atoms with E-state index in [1.807, 2.05) is 0 Å². The van der Waals surface area contributed by atoms with Crippen molar-refractivity contribution in [3.8, 4) is 0 Å². The molecule has 1 aromatic rings. The molecule has 0 saturated carbocycles. The minimum Gasteiger partial charge on any atom is -0.318 e. The van der Waals surface area contributed by atoms with Crippen molar-refractivity contribution in [2.45, 2.75) is 12.3 Å². The Labute approximate surface area is 97.4 Å². The maximum absolute atomic E-state index is 13.2. The van der Waals surface area contributed by atoms with Crippen LogP contribution in [0.5, 0.6) is 0 Å². The maximum Gasteiger partial charge on any atom is 0.383 e. The first-order valence-corrected chi connectivity index (χ1v) is 4.56. The number of hydrogen-bond acceptors (Lipinski definition) is 1. The number of alkyl halides is 4. The number of benzene rings is 1. The monoisotopic (exact) mass is 273 g/mol. The smallest absolute Gasteiger partial charge is 0.318 e. The second-order valence-corrected chi connectivity index (χ2v) is 3.39. The van der Waals surface area contributed by atoms with Gasteiger partial charge >= 0.3 is 18.3 Å². The van der Waals surface area contributed by atoms with Crippen LogP contribution in [0.1, 0.15) is 0 Å². The molecule has 1 amide bonds. The molecule has 8 heteroatoms. The summed E-state index contributed by atoms with van der Waals surface area (Å²) in [6.07, 6.45) is -4.18. The van der Waals surface area contributed by atoms with Gasteiger partial charge in [-0.05, 0) is 12.1 Å². The lowest BCUT2D eigenvalue weighted by atomic mass is 10.2. The molecule has 0 unspecified atom stereocenters. The Bertz CT molecular complexity index is 437. The standard InChI is InChI=1S/C9H5ClF5NO/c10-4-2-1-3-5(6(4)11)16-8(17)9(14,15)7(12)13/h1-3,7H,(H,16,17). The highest BCUT2D eigenvalue weighted by molar-refractivity contribution is 6.31. The number of carbonyl (C=O) groups excluding carboxylic acids is 1. The lowest BCUT2D eigenvalue weighted by molar-refractivity contribution is -0.163. The molecule has 1 rings (SSSR count). The summed E-state index contributed by atoms with van der Waals surface area (Å²) in [5.74, 6) is -8.37. The highest BCUT2D eigenvalue weighted by Crippen LogP contribution is 2.27. The van der Waals surface area contributed by atoms with Gasteiger partial charge in [-0.3, -0.25) is 4.79 Å². The number of halogens is 6. The van der Waals surface area contributed by atoms with Gasteiger partial charge in [0.2, 0.25) is 0 Å². The van der Waals surface area contributed by atoms with Crippen molar-refractivity contribution in [1.82, 2.24) is 0 Å². The number of nitrogens with one attached hydrogen (secondary N) is 1. The quantitative estimate of drug-likeness (QED) is 0.841. The summed E-state index contributed by atoms with van der Waals surface area (Å²) in [5, 5.41) is 0.917. The van der Waals surface area contributed by atoms with E-state index in [9.17, 15) is 26.7 Å². The summed E-state index contributed by atoms with van der Waals surface area (Å²) in [4.78, 5) is 10.8. The molecule has 0 spiro atoms. The van der Waals surface area contributed by atoms with Crippen LogP contribution in [0.3, 0.4) is 0 Å². The first kappa shape index (κ1) is 13.7. The van der Waals surface area contributed by atoms with E-state index in [0.29, 0.717) is 0 Å². The van der Waals surface area contributed by atoms with Gasteiger partial charge in [-0.25, -0.2) is 13.2 Å². The molecular weight excluding hydrogens is 269 g/mol. The zero-order valence-corrected chi connectivity index (χ0v) is 8.74. The fourth-order valence-corrected chi connectivity index (χ4v) is 1.08. The molecule has 0 aliphatic heterocycles. The molecule has 0 aliphatic carbocycles. The van der Waals surface area contributed by atoms with Crippen LogP contribution in [0.4, 0.5) is 27.6 Å². The lowest BCUT2D eigenvalue weighted by Gasteiger charge is -2.15. The Morgan fingerprint density at radius 1 is 1.35 bits per heavy atom. The van der Waals surface area contributed by atoms with Gasteiger partial charge in [0.25, 0.3) is 0 Å². The SMILES string of the molecule is O=C(Nc1cccc(Cl)c1F)C(F)(F)C(F)F. The van der Waals surface area contributed by atoms with E-state index >= 15 is 0 Å². The van der Waals surface area contributed by atoms with Crippen LogP contribution in [0, 0.1) is 5.82 Å². The summed E-state index contributed by atoms with van der Waals surface area (Å²) >= 11 is 5.31. The molecule has 0 radical (unpaired) electrons. The maximum atomic E-state index is 13.2. The molecule has 94 valence electrons. The molecule has 0 fully saturated rings. The minimum absolute atomic E-state index is 0.428. The Balaban J connectivity index is 2.93. The predicted molar refractivity (Wildman–Crippen MR) is 51.0 cm³/mol. The van der Waals surface area contributed by atoms with E-state index in [1.165, 1.54) is 11.4 Å². The van der Waals surface area contributed by atoms with E-state index in [0.717, 1.165) is 12.1 Å². The average molecular weight is 274 g/mol. The zero-order valence-electron chi connectivity index (χ0n) is 7.99. The molecular formula is C9H5ClF5NO. The first-order chi connectivity index (χ1) is 7.76. The largest absolute Gasteiger partial charge is 0.383 e. The second kappa shape index (κ2) is 4.87. The zero-order chi connectivity index (χ0) is 13.2. The molecule has 1 N–H and O–H groups in total. The number of anilines is 1. The molecule has 1 aromatic carbocycles. The molecule has 0 saturated heterocycles. The first-order valence-electron chi connectivity index (χ1n) is 4.18. The van der Waals surface area contributed by atoms with Crippen molar-refractivity contribution in [3.63, 3.8) is 0 Å². The third kappa shape index (κ3) is 2.85.